The van der Waals surface area contributed by atoms with Gasteiger partial charge in [-0.1, -0.05) is 49.6 Å². The van der Waals surface area contributed by atoms with Crippen LogP contribution in [-0.2, 0) is 28.2 Å². The molecule has 0 bridgehead atoms. The fraction of sp³-hybridized carbons (Fsp3) is 0.432. The molecule has 1 aliphatic heterocycles. The van der Waals surface area contributed by atoms with Gasteiger partial charge in [-0.25, -0.2) is 18.2 Å². The van der Waals surface area contributed by atoms with Crippen molar-refractivity contribution in [1.29, 1.82) is 0 Å². The Labute approximate surface area is 291 Å². The molecule has 1 aromatic heterocycles. The number of rotatable bonds is 9. The number of nitro groups is 1. The molecule has 0 N–H and O–H groups in total. The second kappa shape index (κ2) is 13.2. The van der Waals surface area contributed by atoms with Gasteiger partial charge in [0.1, 0.15) is 5.60 Å². The summed E-state index contributed by atoms with van der Waals surface area (Å²) in [4.78, 5) is 45.1. The molecule has 13 heteroatoms. The van der Waals surface area contributed by atoms with Gasteiger partial charge in [0, 0.05) is 38.2 Å². The SMILES string of the molecule is Cc1cc(CCN(c2ccccc2C(=O)OC(C)(C)C)S(=O)(=O)c2ccccc2[N+](=O)[O-])c2nc(N3CC4(CCCCC4)C3)n(C)c(=O)c2c1. The molecular formula is C37H43N5O7S. The van der Waals surface area contributed by atoms with E-state index in [2.05, 4.69) is 4.90 Å². The monoisotopic (exact) mass is 701 g/mol. The zero-order valence-electron chi connectivity index (χ0n) is 29.1. The summed E-state index contributed by atoms with van der Waals surface area (Å²) in [5.41, 5.74) is 0.527. The van der Waals surface area contributed by atoms with Crippen molar-refractivity contribution in [3.05, 3.63) is 97.8 Å². The van der Waals surface area contributed by atoms with Crippen molar-refractivity contribution in [3.63, 3.8) is 0 Å². The number of hydrogen-bond acceptors (Lipinski definition) is 9. The van der Waals surface area contributed by atoms with Crippen molar-refractivity contribution < 1.29 is 22.9 Å². The number of aromatic nitrogens is 2. The summed E-state index contributed by atoms with van der Waals surface area (Å²) in [5, 5.41) is 12.4. The summed E-state index contributed by atoms with van der Waals surface area (Å²) in [6.45, 7) is 8.44. The zero-order chi connectivity index (χ0) is 36.0. The molecule has 1 saturated heterocycles. The Bertz CT molecular complexity index is 2140. The van der Waals surface area contributed by atoms with E-state index < -0.39 is 37.1 Å². The number of nitro benzene ring substituents is 1. The highest BCUT2D eigenvalue weighted by atomic mass is 32.2. The molecule has 6 rings (SSSR count). The van der Waals surface area contributed by atoms with E-state index in [-0.39, 0.29) is 35.2 Å². The summed E-state index contributed by atoms with van der Waals surface area (Å²) in [7, 11) is -2.89. The number of carbonyl (C=O) groups is 1. The van der Waals surface area contributed by atoms with Crippen LogP contribution < -0.4 is 14.8 Å². The number of hydrogen-bond donors (Lipinski definition) is 0. The van der Waals surface area contributed by atoms with Crippen molar-refractivity contribution in [2.45, 2.75) is 76.7 Å². The molecule has 0 radical (unpaired) electrons. The first-order chi connectivity index (χ1) is 23.6. The molecule has 0 atom stereocenters. The second-order valence-electron chi connectivity index (χ2n) is 14.6. The minimum absolute atomic E-state index is 0.0117. The Hall–Kier alpha value is -4.78. The van der Waals surface area contributed by atoms with Gasteiger partial charge in [-0.2, -0.15) is 0 Å². The maximum absolute atomic E-state index is 14.5. The maximum atomic E-state index is 14.5. The molecule has 0 unspecified atom stereocenters. The van der Waals surface area contributed by atoms with E-state index in [1.165, 1.54) is 62.4 Å². The first kappa shape index (κ1) is 35.1. The molecule has 3 aromatic carbocycles. The predicted octanol–water partition coefficient (Wildman–Crippen LogP) is 6.31. The van der Waals surface area contributed by atoms with E-state index in [1.54, 1.807) is 50.6 Å². The van der Waals surface area contributed by atoms with E-state index in [4.69, 9.17) is 9.72 Å². The molecule has 2 fully saturated rings. The van der Waals surface area contributed by atoms with Gasteiger partial charge in [-0.15, -0.1) is 0 Å². The fourth-order valence-electron chi connectivity index (χ4n) is 7.33. The highest BCUT2D eigenvalue weighted by molar-refractivity contribution is 7.93. The van der Waals surface area contributed by atoms with Crippen LogP contribution in [0.4, 0.5) is 17.3 Å². The summed E-state index contributed by atoms with van der Waals surface area (Å²) in [6.07, 6.45) is 6.11. The molecule has 2 heterocycles. The molecule has 1 spiro atoms. The highest BCUT2D eigenvalue weighted by Gasteiger charge is 2.45. The molecule has 1 saturated carbocycles. The molecule has 1 aliphatic carbocycles. The summed E-state index contributed by atoms with van der Waals surface area (Å²) < 4.78 is 37.2. The number of aryl methyl sites for hydroxylation is 1. The van der Waals surface area contributed by atoms with Gasteiger partial charge in [0.25, 0.3) is 21.3 Å². The number of benzene rings is 3. The lowest BCUT2D eigenvalue weighted by Gasteiger charge is -2.53. The number of esters is 1. The molecule has 12 nitrogen and oxygen atoms in total. The summed E-state index contributed by atoms with van der Waals surface area (Å²) in [5.74, 6) is -0.166. The highest BCUT2D eigenvalue weighted by Crippen LogP contribution is 2.45. The number of para-hydroxylation sites is 2. The van der Waals surface area contributed by atoms with Crippen molar-refractivity contribution in [2.24, 2.45) is 12.5 Å². The molecule has 0 amide bonds. The van der Waals surface area contributed by atoms with Crippen LogP contribution in [0.25, 0.3) is 10.9 Å². The van der Waals surface area contributed by atoms with Crippen LogP contribution >= 0.6 is 0 Å². The van der Waals surface area contributed by atoms with E-state index >= 15 is 0 Å². The number of sulfonamides is 1. The van der Waals surface area contributed by atoms with Crippen LogP contribution in [0.3, 0.4) is 0 Å². The van der Waals surface area contributed by atoms with Gasteiger partial charge in [0.05, 0.1) is 27.1 Å². The second-order valence-corrected chi connectivity index (χ2v) is 16.4. The minimum atomic E-state index is -4.62. The smallest absolute Gasteiger partial charge is 0.340 e. The molecular weight excluding hydrogens is 659 g/mol. The lowest BCUT2D eigenvalue weighted by molar-refractivity contribution is -0.387. The van der Waals surface area contributed by atoms with Crippen LogP contribution in [0.2, 0.25) is 0 Å². The number of anilines is 2. The van der Waals surface area contributed by atoms with Gasteiger partial charge in [-0.05, 0) is 82.3 Å². The van der Waals surface area contributed by atoms with Gasteiger partial charge in [-0.3, -0.25) is 23.8 Å². The summed E-state index contributed by atoms with van der Waals surface area (Å²) in [6, 6.07) is 14.9. The Morgan fingerprint density at radius 1 is 1.04 bits per heavy atom. The lowest BCUT2D eigenvalue weighted by Crippen LogP contribution is -2.58. The third-order valence-corrected chi connectivity index (χ3v) is 11.5. The van der Waals surface area contributed by atoms with E-state index in [0.29, 0.717) is 22.4 Å². The zero-order valence-corrected chi connectivity index (χ0v) is 30.0. The van der Waals surface area contributed by atoms with Crippen LogP contribution in [-0.4, -0.2) is 54.1 Å². The number of carbonyl (C=O) groups excluding carboxylic acids is 1. The molecule has 4 aromatic rings. The maximum Gasteiger partial charge on any atom is 0.340 e. The first-order valence-electron chi connectivity index (χ1n) is 16.9. The van der Waals surface area contributed by atoms with Crippen molar-refractivity contribution >= 4 is 44.2 Å². The average molecular weight is 702 g/mol. The third-order valence-electron chi connectivity index (χ3n) is 9.64. The van der Waals surface area contributed by atoms with Crippen molar-refractivity contribution in [1.82, 2.24) is 9.55 Å². The molecule has 2 aliphatic rings. The van der Waals surface area contributed by atoms with Gasteiger partial charge < -0.3 is 9.64 Å². The minimum Gasteiger partial charge on any atom is -0.456 e. The van der Waals surface area contributed by atoms with Gasteiger partial charge >= 0.3 is 5.97 Å². The average Bonchev–Trinajstić information content (AvgIpc) is 3.05. The van der Waals surface area contributed by atoms with E-state index in [9.17, 15) is 28.1 Å². The standard InChI is InChI=1S/C37H43N5O7S/c1-25-21-26(32-28(22-25)33(43)39(5)35(38-32)40-23-37(24-40)18-11-6-12-19-37)17-20-41(50(47,48)31-16-10-9-15-30(31)42(45)46)29-14-8-7-13-27(29)34(44)49-36(2,3)4/h7-10,13-16,21-22H,6,11-12,17-20,23-24H2,1-5H3. The largest absolute Gasteiger partial charge is 0.456 e. The summed E-state index contributed by atoms with van der Waals surface area (Å²) >= 11 is 0. The lowest BCUT2D eigenvalue weighted by atomic mass is 9.69. The van der Waals surface area contributed by atoms with Crippen LogP contribution in [0.1, 0.15) is 74.4 Å². The number of ether oxygens (including phenoxy) is 1. The van der Waals surface area contributed by atoms with Gasteiger partial charge in [0.15, 0.2) is 4.90 Å². The van der Waals surface area contributed by atoms with Gasteiger partial charge in [0.2, 0.25) is 5.95 Å². The number of nitrogens with zero attached hydrogens (tertiary/aromatic N) is 5. The fourth-order valence-corrected chi connectivity index (χ4v) is 8.97. The Morgan fingerprint density at radius 3 is 2.38 bits per heavy atom. The predicted molar refractivity (Wildman–Crippen MR) is 192 cm³/mol. The van der Waals surface area contributed by atoms with Crippen LogP contribution in [0.15, 0.2) is 70.4 Å². The molecule has 50 heavy (non-hydrogen) atoms. The van der Waals surface area contributed by atoms with Crippen molar-refractivity contribution in [3.8, 4) is 0 Å². The topological polar surface area (TPSA) is 145 Å². The van der Waals surface area contributed by atoms with E-state index in [0.717, 1.165) is 29.0 Å². The van der Waals surface area contributed by atoms with E-state index in [1.807, 2.05) is 13.0 Å². The Kier molecular flexibility index (Phi) is 9.23. The quantitative estimate of drug-likeness (QED) is 0.111. The normalized spacial score (nSPS) is 15.9. The first-order valence-corrected chi connectivity index (χ1v) is 18.4. The van der Waals surface area contributed by atoms with Crippen LogP contribution in [0, 0.1) is 22.5 Å². The Morgan fingerprint density at radius 2 is 1.70 bits per heavy atom. The van der Waals surface area contributed by atoms with Crippen molar-refractivity contribution in [2.75, 3.05) is 28.8 Å². The van der Waals surface area contributed by atoms with Crippen LogP contribution in [0.5, 0.6) is 0 Å². The third kappa shape index (κ3) is 6.70. The number of fused-ring (bicyclic) bond motifs is 1. The Balaban J connectivity index is 1.44. The molecule has 264 valence electrons.